The number of unbranched alkanes of at least 4 members (excludes halogenated alkanes) is 12. The number of esters is 1. The number of carbonyl (C=O) groups excluding carboxylic acids is 2. The van der Waals surface area contributed by atoms with E-state index in [1.807, 2.05) is 6.07 Å². The van der Waals surface area contributed by atoms with E-state index >= 15 is 0 Å². The van der Waals surface area contributed by atoms with Gasteiger partial charge in [-0.15, -0.1) is 0 Å². The van der Waals surface area contributed by atoms with Gasteiger partial charge in [0.05, 0.1) is 12.2 Å². The molecule has 0 aliphatic heterocycles. The zero-order valence-electron chi connectivity index (χ0n) is 18.9. The van der Waals surface area contributed by atoms with Crippen LogP contribution in [0.3, 0.4) is 0 Å². The molecule has 0 radical (unpaired) electrons. The van der Waals surface area contributed by atoms with Crippen molar-refractivity contribution < 1.29 is 14.3 Å². The Hall–Kier alpha value is -1.36. The van der Waals surface area contributed by atoms with Crippen LogP contribution in [0.5, 0.6) is 0 Å². The minimum Gasteiger partial charge on any atom is -0.464 e. The molecule has 5 heteroatoms. The van der Waals surface area contributed by atoms with Crippen LogP contribution in [0, 0.1) is 0 Å². The summed E-state index contributed by atoms with van der Waals surface area (Å²) >= 11 is 3.35. The Morgan fingerprint density at radius 2 is 1.37 bits per heavy atom. The highest BCUT2D eigenvalue weighted by molar-refractivity contribution is 9.10. The summed E-state index contributed by atoms with van der Waals surface area (Å²) in [5, 5.41) is 2.69. The number of hydrogen-bond acceptors (Lipinski definition) is 3. The molecule has 1 atom stereocenters. The Bertz CT molecular complexity index is 606. The third-order valence-corrected chi connectivity index (χ3v) is 6.00. The molecule has 0 unspecified atom stereocenters. The largest absolute Gasteiger partial charge is 0.464 e. The second kappa shape index (κ2) is 17.3. The molecule has 1 N–H and O–H groups in total. The summed E-state index contributed by atoms with van der Waals surface area (Å²) in [6.45, 7) is 4.34. The number of benzene rings is 1. The van der Waals surface area contributed by atoms with Gasteiger partial charge in [0.15, 0.2) is 0 Å². The summed E-state index contributed by atoms with van der Waals surface area (Å²) in [4.78, 5) is 24.3. The summed E-state index contributed by atoms with van der Waals surface area (Å²) in [6, 6.07) is 6.48. The summed E-state index contributed by atoms with van der Waals surface area (Å²) in [7, 11) is 0. The Morgan fingerprint density at radius 3 is 1.90 bits per heavy atom. The molecule has 0 aliphatic rings. The summed E-state index contributed by atoms with van der Waals surface area (Å²) < 4.78 is 6.01. The predicted octanol–water partition coefficient (Wildman–Crippen LogP) is 7.20. The molecular formula is C25H40BrNO3. The van der Waals surface area contributed by atoms with Gasteiger partial charge in [0, 0.05) is 4.47 Å². The molecule has 0 fully saturated rings. The first-order valence-corrected chi connectivity index (χ1v) is 12.6. The van der Waals surface area contributed by atoms with Gasteiger partial charge < -0.3 is 10.1 Å². The van der Waals surface area contributed by atoms with Gasteiger partial charge in [-0.25, -0.2) is 4.79 Å². The predicted molar refractivity (Wildman–Crippen MR) is 128 cm³/mol. The van der Waals surface area contributed by atoms with Gasteiger partial charge in [0.1, 0.15) is 6.04 Å². The minimum atomic E-state index is -0.661. The second-order valence-electron chi connectivity index (χ2n) is 8.09. The fourth-order valence-corrected chi connectivity index (χ4v) is 3.86. The lowest BCUT2D eigenvalue weighted by Gasteiger charge is -2.14. The van der Waals surface area contributed by atoms with Crippen LogP contribution in [-0.4, -0.2) is 24.5 Å². The van der Waals surface area contributed by atoms with Gasteiger partial charge in [0.2, 0.25) is 0 Å². The molecule has 0 saturated heterocycles. The molecule has 0 saturated carbocycles. The maximum Gasteiger partial charge on any atom is 0.328 e. The number of rotatable bonds is 17. The SMILES string of the molecule is CCCCCCCCCCCCCCCOC(=O)[C@H](C)NC(=O)c1ccccc1Br. The number of ether oxygens (including phenoxy) is 1. The van der Waals surface area contributed by atoms with Gasteiger partial charge in [0.25, 0.3) is 5.91 Å². The van der Waals surface area contributed by atoms with Crippen LogP contribution in [0.25, 0.3) is 0 Å². The quantitative estimate of drug-likeness (QED) is 0.189. The monoisotopic (exact) mass is 481 g/mol. The van der Waals surface area contributed by atoms with Crippen molar-refractivity contribution in [3.63, 3.8) is 0 Å². The smallest absolute Gasteiger partial charge is 0.328 e. The van der Waals surface area contributed by atoms with Crippen molar-refractivity contribution in [1.82, 2.24) is 5.32 Å². The van der Waals surface area contributed by atoms with E-state index in [0.717, 1.165) is 12.8 Å². The van der Waals surface area contributed by atoms with Gasteiger partial charge in [-0.2, -0.15) is 0 Å². The molecule has 0 heterocycles. The second-order valence-corrected chi connectivity index (χ2v) is 8.94. The molecule has 170 valence electrons. The van der Waals surface area contributed by atoms with E-state index in [4.69, 9.17) is 4.74 Å². The molecule has 0 aliphatic carbocycles. The molecule has 4 nitrogen and oxygen atoms in total. The van der Waals surface area contributed by atoms with E-state index in [1.165, 1.54) is 70.6 Å². The molecule has 0 aromatic heterocycles. The number of amides is 1. The number of carbonyl (C=O) groups is 2. The standard InChI is InChI=1S/C25H40BrNO3/c1-3-4-5-6-7-8-9-10-11-12-13-14-17-20-30-25(29)21(2)27-24(28)22-18-15-16-19-23(22)26/h15-16,18-19,21H,3-14,17,20H2,1-2H3,(H,27,28)/t21-/m0/s1. The van der Waals surface area contributed by atoms with Crippen molar-refractivity contribution in [2.45, 2.75) is 103 Å². The van der Waals surface area contributed by atoms with Gasteiger partial charge in [-0.3, -0.25) is 4.79 Å². The Kier molecular flexibility index (Phi) is 15.4. The summed E-state index contributed by atoms with van der Waals surface area (Å²) in [6.07, 6.45) is 16.7. The lowest BCUT2D eigenvalue weighted by molar-refractivity contribution is -0.145. The zero-order valence-corrected chi connectivity index (χ0v) is 20.5. The van der Waals surface area contributed by atoms with E-state index < -0.39 is 6.04 Å². The Morgan fingerprint density at radius 1 is 0.867 bits per heavy atom. The fourth-order valence-electron chi connectivity index (χ4n) is 3.40. The van der Waals surface area contributed by atoms with Crippen molar-refractivity contribution >= 4 is 27.8 Å². The van der Waals surface area contributed by atoms with Gasteiger partial charge in [-0.05, 0) is 41.4 Å². The van der Waals surface area contributed by atoms with E-state index in [2.05, 4.69) is 28.2 Å². The van der Waals surface area contributed by atoms with E-state index in [9.17, 15) is 9.59 Å². The molecule has 1 rings (SSSR count). The normalized spacial score (nSPS) is 11.8. The molecule has 1 aromatic carbocycles. The average molecular weight is 483 g/mol. The number of nitrogens with one attached hydrogen (secondary N) is 1. The van der Waals surface area contributed by atoms with Crippen LogP contribution in [0.4, 0.5) is 0 Å². The molecular weight excluding hydrogens is 442 g/mol. The first-order chi connectivity index (χ1) is 14.6. The number of hydrogen-bond donors (Lipinski definition) is 1. The summed E-state index contributed by atoms with van der Waals surface area (Å²) in [5.74, 6) is -0.665. The van der Waals surface area contributed by atoms with Crippen molar-refractivity contribution in [3.8, 4) is 0 Å². The van der Waals surface area contributed by atoms with Gasteiger partial charge in [-0.1, -0.05) is 96.1 Å². The van der Waals surface area contributed by atoms with Crippen molar-refractivity contribution in [2.24, 2.45) is 0 Å². The highest BCUT2D eigenvalue weighted by atomic mass is 79.9. The maximum absolute atomic E-state index is 12.2. The molecule has 0 spiro atoms. The third kappa shape index (κ3) is 12.4. The van der Waals surface area contributed by atoms with Crippen molar-refractivity contribution in [2.75, 3.05) is 6.61 Å². The highest BCUT2D eigenvalue weighted by Crippen LogP contribution is 2.16. The van der Waals surface area contributed by atoms with Crippen LogP contribution >= 0.6 is 15.9 Å². The number of halogens is 1. The minimum absolute atomic E-state index is 0.284. The zero-order chi connectivity index (χ0) is 22.0. The first-order valence-electron chi connectivity index (χ1n) is 11.8. The lowest BCUT2D eigenvalue weighted by Crippen LogP contribution is -2.39. The topological polar surface area (TPSA) is 55.4 Å². The molecule has 0 bridgehead atoms. The van der Waals surface area contributed by atoms with Crippen LogP contribution < -0.4 is 5.32 Å². The van der Waals surface area contributed by atoms with Crippen LogP contribution in [0.15, 0.2) is 28.7 Å². The van der Waals surface area contributed by atoms with Crippen LogP contribution in [-0.2, 0) is 9.53 Å². The van der Waals surface area contributed by atoms with Crippen LogP contribution in [0.1, 0.15) is 108 Å². The molecule has 1 aromatic rings. The lowest BCUT2D eigenvalue weighted by atomic mass is 10.0. The Labute approximate surface area is 191 Å². The van der Waals surface area contributed by atoms with E-state index in [0.29, 0.717) is 16.6 Å². The maximum atomic E-state index is 12.2. The highest BCUT2D eigenvalue weighted by Gasteiger charge is 2.18. The van der Waals surface area contributed by atoms with E-state index in [1.54, 1.807) is 25.1 Å². The van der Waals surface area contributed by atoms with Crippen LogP contribution in [0.2, 0.25) is 0 Å². The van der Waals surface area contributed by atoms with E-state index in [-0.39, 0.29) is 11.9 Å². The van der Waals surface area contributed by atoms with Gasteiger partial charge >= 0.3 is 5.97 Å². The molecule has 1 amide bonds. The Balaban J connectivity index is 1.98. The van der Waals surface area contributed by atoms with Crippen molar-refractivity contribution in [1.29, 1.82) is 0 Å². The summed E-state index contributed by atoms with van der Waals surface area (Å²) in [5.41, 5.74) is 0.508. The third-order valence-electron chi connectivity index (χ3n) is 5.31. The fraction of sp³-hybridized carbons (Fsp3) is 0.680. The molecule has 30 heavy (non-hydrogen) atoms. The first kappa shape index (κ1) is 26.7. The average Bonchev–Trinajstić information content (AvgIpc) is 2.74. The van der Waals surface area contributed by atoms with Crippen molar-refractivity contribution in [3.05, 3.63) is 34.3 Å².